The number of benzene rings is 1. The van der Waals surface area contributed by atoms with Crippen molar-refractivity contribution in [3.63, 3.8) is 0 Å². The number of anilines is 1. The number of carbonyl (C=O) groups excluding carboxylic acids is 1. The molecule has 4 N–H and O–H groups in total. The SMILES string of the molecule is COc1cc(OC)c(F)c(COc2cnc(NC(C=NCCNC(=O)OC(C)(C)C)=CN)nc2)c1F. The Hall–Kier alpha value is -4.16. The second kappa shape index (κ2) is 13.1. The van der Waals surface area contributed by atoms with Crippen LogP contribution in [0.25, 0.3) is 0 Å². The first-order chi connectivity index (χ1) is 17.1. The number of rotatable bonds is 11. The summed E-state index contributed by atoms with van der Waals surface area (Å²) in [6.07, 6.45) is 4.82. The number of amides is 1. The van der Waals surface area contributed by atoms with E-state index in [9.17, 15) is 13.6 Å². The molecule has 1 aromatic carbocycles. The molecule has 11 nitrogen and oxygen atoms in total. The van der Waals surface area contributed by atoms with Crippen molar-refractivity contribution in [1.29, 1.82) is 0 Å². The van der Waals surface area contributed by atoms with Crippen LogP contribution in [-0.4, -0.2) is 55.2 Å². The molecule has 2 aromatic rings. The Morgan fingerprint density at radius 1 is 1.14 bits per heavy atom. The van der Waals surface area contributed by atoms with E-state index in [0.717, 1.165) is 6.07 Å². The van der Waals surface area contributed by atoms with Crippen LogP contribution in [-0.2, 0) is 11.3 Å². The summed E-state index contributed by atoms with van der Waals surface area (Å²) in [5.74, 6) is -1.79. The third-order valence-corrected chi connectivity index (χ3v) is 4.25. The molecular weight excluding hydrogens is 478 g/mol. The molecule has 2 rings (SSSR count). The lowest BCUT2D eigenvalue weighted by atomic mass is 10.1. The maximum Gasteiger partial charge on any atom is 0.407 e. The van der Waals surface area contributed by atoms with Crippen LogP contribution in [0.5, 0.6) is 17.2 Å². The monoisotopic (exact) mass is 508 g/mol. The minimum atomic E-state index is -0.895. The number of aliphatic imine (C=N–C) groups is 1. The van der Waals surface area contributed by atoms with Crippen molar-refractivity contribution in [2.45, 2.75) is 33.0 Å². The van der Waals surface area contributed by atoms with Gasteiger partial charge in [-0.2, -0.15) is 0 Å². The van der Waals surface area contributed by atoms with Crippen molar-refractivity contribution in [3.05, 3.63) is 47.6 Å². The highest BCUT2D eigenvalue weighted by molar-refractivity contribution is 5.82. The highest BCUT2D eigenvalue weighted by Crippen LogP contribution is 2.31. The zero-order chi connectivity index (χ0) is 26.7. The first kappa shape index (κ1) is 28.1. The van der Waals surface area contributed by atoms with E-state index >= 15 is 0 Å². The molecule has 0 bridgehead atoms. The third kappa shape index (κ3) is 8.56. The summed E-state index contributed by atoms with van der Waals surface area (Å²) in [5, 5.41) is 5.44. The minimum Gasteiger partial charge on any atom is -0.494 e. The van der Waals surface area contributed by atoms with Crippen LogP contribution in [0.4, 0.5) is 19.5 Å². The Kier molecular flexibility index (Phi) is 10.2. The van der Waals surface area contributed by atoms with Crippen molar-refractivity contribution >= 4 is 18.3 Å². The fourth-order valence-electron chi connectivity index (χ4n) is 2.62. The number of alkyl carbamates (subject to hydrolysis) is 1. The largest absolute Gasteiger partial charge is 0.494 e. The maximum atomic E-state index is 14.5. The zero-order valence-corrected chi connectivity index (χ0v) is 20.7. The molecule has 0 aliphatic heterocycles. The van der Waals surface area contributed by atoms with Crippen molar-refractivity contribution < 1.29 is 32.5 Å². The lowest BCUT2D eigenvalue weighted by Crippen LogP contribution is -2.33. The van der Waals surface area contributed by atoms with Crippen LogP contribution in [0.1, 0.15) is 26.3 Å². The molecule has 0 aliphatic rings. The van der Waals surface area contributed by atoms with E-state index < -0.39 is 29.9 Å². The van der Waals surface area contributed by atoms with E-state index in [-0.39, 0.29) is 41.8 Å². The molecule has 0 fully saturated rings. The Bertz CT molecular complexity index is 1060. The Morgan fingerprint density at radius 2 is 1.75 bits per heavy atom. The van der Waals surface area contributed by atoms with Crippen molar-refractivity contribution in [2.24, 2.45) is 10.7 Å². The molecule has 13 heteroatoms. The summed E-state index contributed by atoms with van der Waals surface area (Å²) in [7, 11) is 2.52. The number of nitrogens with two attached hydrogens (primary N) is 1. The number of ether oxygens (including phenoxy) is 4. The second-order valence-corrected chi connectivity index (χ2v) is 8.13. The van der Waals surface area contributed by atoms with Gasteiger partial charge in [0.15, 0.2) is 28.9 Å². The van der Waals surface area contributed by atoms with E-state index in [0.29, 0.717) is 5.70 Å². The number of aromatic nitrogens is 2. The van der Waals surface area contributed by atoms with E-state index in [4.69, 9.17) is 24.7 Å². The third-order valence-electron chi connectivity index (χ3n) is 4.25. The number of carbonyl (C=O) groups is 1. The maximum absolute atomic E-state index is 14.5. The van der Waals surface area contributed by atoms with E-state index in [2.05, 4.69) is 25.6 Å². The predicted molar refractivity (Wildman–Crippen MR) is 129 cm³/mol. The van der Waals surface area contributed by atoms with Crippen LogP contribution in [0.2, 0.25) is 0 Å². The van der Waals surface area contributed by atoms with E-state index in [1.54, 1.807) is 20.8 Å². The van der Waals surface area contributed by atoms with Gasteiger partial charge in [-0.3, -0.25) is 4.99 Å². The average molecular weight is 509 g/mol. The van der Waals surface area contributed by atoms with Crippen LogP contribution >= 0.6 is 0 Å². The molecule has 36 heavy (non-hydrogen) atoms. The van der Waals surface area contributed by atoms with Gasteiger partial charge >= 0.3 is 6.09 Å². The smallest absolute Gasteiger partial charge is 0.407 e. The van der Waals surface area contributed by atoms with Crippen LogP contribution < -0.4 is 30.6 Å². The quantitative estimate of drug-likeness (QED) is 0.308. The lowest BCUT2D eigenvalue weighted by molar-refractivity contribution is 0.0529. The summed E-state index contributed by atoms with van der Waals surface area (Å²) in [4.78, 5) is 23.9. The number of methoxy groups -OCH3 is 2. The zero-order valence-electron chi connectivity index (χ0n) is 20.7. The van der Waals surface area contributed by atoms with Gasteiger partial charge in [-0.1, -0.05) is 0 Å². The molecule has 0 spiro atoms. The molecule has 0 saturated carbocycles. The lowest BCUT2D eigenvalue weighted by Gasteiger charge is -2.19. The van der Waals surface area contributed by atoms with Crippen molar-refractivity contribution in [1.82, 2.24) is 15.3 Å². The van der Waals surface area contributed by atoms with Gasteiger partial charge < -0.3 is 35.3 Å². The first-order valence-corrected chi connectivity index (χ1v) is 10.8. The molecule has 0 radical (unpaired) electrons. The van der Waals surface area contributed by atoms with Gasteiger partial charge in [0.2, 0.25) is 5.95 Å². The van der Waals surface area contributed by atoms with Crippen molar-refractivity contribution in [3.8, 4) is 17.2 Å². The molecule has 1 aromatic heterocycles. The van der Waals surface area contributed by atoms with Crippen LogP contribution in [0.3, 0.4) is 0 Å². The van der Waals surface area contributed by atoms with Crippen LogP contribution in [0.15, 0.2) is 35.3 Å². The highest BCUT2D eigenvalue weighted by Gasteiger charge is 2.20. The molecule has 1 amide bonds. The highest BCUT2D eigenvalue weighted by atomic mass is 19.1. The summed E-state index contributed by atoms with van der Waals surface area (Å²) < 4.78 is 49.3. The molecule has 0 unspecified atom stereocenters. The fourth-order valence-corrected chi connectivity index (χ4v) is 2.62. The van der Waals surface area contributed by atoms with Gasteiger partial charge in [0.05, 0.1) is 44.4 Å². The van der Waals surface area contributed by atoms with Gasteiger partial charge in [-0.05, 0) is 20.8 Å². The standard InChI is InChI=1S/C23H30F2N6O5/c1-23(2,3)36-22(32)28-7-6-27-10-14(9-26)31-21-29-11-15(12-30-21)35-13-16-19(24)17(33-4)8-18(34-5)20(16)25/h8-12H,6-7,13,26H2,1-5H3,(H,28,32)(H,29,30,31). The van der Waals surface area contributed by atoms with E-state index in [1.807, 2.05) is 0 Å². The van der Waals surface area contributed by atoms with Gasteiger partial charge in [0.25, 0.3) is 0 Å². The molecule has 0 saturated heterocycles. The number of nitrogens with one attached hydrogen (secondary N) is 2. The molecule has 0 aliphatic carbocycles. The Balaban J connectivity index is 1.90. The Labute approximate surface area is 207 Å². The summed E-state index contributed by atoms with van der Waals surface area (Å²) >= 11 is 0. The van der Waals surface area contributed by atoms with E-state index in [1.165, 1.54) is 39.0 Å². The molecular formula is C23H30F2N6O5. The predicted octanol–water partition coefficient (Wildman–Crippen LogP) is 3.16. The topological polar surface area (TPSA) is 142 Å². The second-order valence-electron chi connectivity index (χ2n) is 8.13. The minimum absolute atomic E-state index is 0.168. The average Bonchev–Trinajstić information content (AvgIpc) is 2.83. The Morgan fingerprint density at radius 3 is 2.28 bits per heavy atom. The number of nitrogens with zero attached hydrogens (tertiary/aromatic N) is 3. The van der Waals surface area contributed by atoms with Gasteiger partial charge in [-0.25, -0.2) is 23.5 Å². The number of halogens is 2. The normalized spacial score (nSPS) is 11.8. The van der Waals surface area contributed by atoms with Gasteiger partial charge in [0, 0.05) is 25.0 Å². The number of hydrogen-bond donors (Lipinski definition) is 3. The molecule has 196 valence electrons. The van der Waals surface area contributed by atoms with Crippen molar-refractivity contribution in [2.75, 3.05) is 32.6 Å². The van der Waals surface area contributed by atoms with Gasteiger partial charge in [-0.15, -0.1) is 0 Å². The molecule has 1 heterocycles. The summed E-state index contributed by atoms with van der Waals surface area (Å²) in [6, 6.07) is 1.11. The summed E-state index contributed by atoms with van der Waals surface area (Å²) in [6.45, 7) is 5.42. The van der Waals surface area contributed by atoms with Gasteiger partial charge in [0.1, 0.15) is 12.2 Å². The van der Waals surface area contributed by atoms with Crippen LogP contribution in [0, 0.1) is 11.6 Å². The number of hydrogen-bond acceptors (Lipinski definition) is 10. The summed E-state index contributed by atoms with van der Waals surface area (Å²) in [5.41, 5.74) is 5.05. The fraction of sp³-hybridized carbons (Fsp3) is 0.391. The number of allylic oxidation sites excluding steroid dienone is 1. The molecule has 0 atom stereocenters. The first-order valence-electron chi connectivity index (χ1n) is 10.8.